The van der Waals surface area contributed by atoms with Crippen LogP contribution in [0.4, 0.5) is 0 Å². The fourth-order valence-electron chi connectivity index (χ4n) is 2.10. The lowest BCUT2D eigenvalue weighted by Crippen LogP contribution is -1.99. The van der Waals surface area contributed by atoms with Gasteiger partial charge in [0.1, 0.15) is 6.54 Å². The number of carboxylic acids is 1. The summed E-state index contributed by atoms with van der Waals surface area (Å²) in [6, 6.07) is 7.33. The van der Waals surface area contributed by atoms with Crippen LogP contribution < -0.4 is 0 Å². The summed E-state index contributed by atoms with van der Waals surface area (Å²) in [5, 5.41) is 17.6. The molecule has 0 atom stereocenters. The molecule has 1 aromatic carbocycles. The zero-order valence-corrected chi connectivity index (χ0v) is 10.2. The van der Waals surface area contributed by atoms with Crippen molar-refractivity contribution < 1.29 is 14.3 Å². The van der Waals surface area contributed by atoms with Crippen molar-refractivity contribution >= 4 is 16.9 Å². The summed E-state index contributed by atoms with van der Waals surface area (Å²) in [5.41, 5.74) is 1.10. The van der Waals surface area contributed by atoms with Gasteiger partial charge in [0.05, 0.1) is 5.56 Å². The topological polar surface area (TPSA) is 81.2 Å². The van der Waals surface area contributed by atoms with Gasteiger partial charge in [-0.05, 0) is 6.07 Å². The number of para-hydroxylation sites is 1. The maximum absolute atomic E-state index is 11.2. The number of fused-ring (bicyclic) bond motifs is 1. The largest absolute Gasteiger partial charge is 0.478 e. The average molecular weight is 257 g/mol. The smallest absolute Gasteiger partial charge is 0.337 e. The summed E-state index contributed by atoms with van der Waals surface area (Å²) in [6.07, 6.45) is 1.59. The van der Waals surface area contributed by atoms with E-state index in [1.807, 2.05) is 18.2 Å². The van der Waals surface area contributed by atoms with Gasteiger partial charge < -0.3 is 14.1 Å². The lowest BCUT2D eigenvalue weighted by Gasteiger charge is -2.00. The number of hydrogen-bond acceptors (Lipinski definition) is 4. The van der Waals surface area contributed by atoms with Gasteiger partial charge in [-0.25, -0.2) is 4.79 Å². The van der Waals surface area contributed by atoms with E-state index in [1.165, 1.54) is 0 Å². The molecule has 0 spiro atoms. The summed E-state index contributed by atoms with van der Waals surface area (Å²) >= 11 is 0. The van der Waals surface area contributed by atoms with Crippen LogP contribution >= 0.6 is 0 Å². The molecule has 0 aliphatic rings. The minimum atomic E-state index is -0.948. The van der Waals surface area contributed by atoms with E-state index < -0.39 is 5.97 Å². The molecule has 3 aromatic rings. The number of carbonyl (C=O) groups is 1. The summed E-state index contributed by atoms with van der Waals surface area (Å²) in [6.45, 7) is 2.07. The highest BCUT2D eigenvalue weighted by atomic mass is 16.4. The molecule has 0 aliphatic heterocycles. The van der Waals surface area contributed by atoms with Gasteiger partial charge in [-0.15, -0.1) is 10.2 Å². The fraction of sp³-hybridized carbons (Fsp3) is 0.154. The van der Waals surface area contributed by atoms with E-state index in [9.17, 15) is 9.90 Å². The number of nitrogens with zero attached hydrogens (tertiary/aromatic N) is 3. The number of hydrogen-bond donors (Lipinski definition) is 1. The number of carboxylic acid groups (broad SMARTS) is 1. The first-order valence-corrected chi connectivity index (χ1v) is 5.75. The highest BCUT2D eigenvalue weighted by Gasteiger charge is 2.15. The van der Waals surface area contributed by atoms with E-state index in [0.717, 1.165) is 5.52 Å². The van der Waals surface area contributed by atoms with E-state index >= 15 is 0 Å². The van der Waals surface area contributed by atoms with Gasteiger partial charge in [0.25, 0.3) is 0 Å². The van der Waals surface area contributed by atoms with Crippen molar-refractivity contribution in [1.82, 2.24) is 14.8 Å². The predicted molar refractivity (Wildman–Crippen MR) is 67.0 cm³/mol. The van der Waals surface area contributed by atoms with Crippen LogP contribution in [0.2, 0.25) is 0 Å². The Kier molecular flexibility index (Phi) is 2.56. The highest BCUT2D eigenvalue weighted by Crippen LogP contribution is 2.22. The predicted octanol–water partition coefficient (Wildman–Crippen LogP) is 2.08. The normalized spacial score (nSPS) is 11.0. The zero-order valence-electron chi connectivity index (χ0n) is 10.2. The second kappa shape index (κ2) is 4.24. The first-order valence-electron chi connectivity index (χ1n) is 5.75. The average Bonchev–Trinajstić information content (AvgIpc) is 2.95. The fourth-order valence-corrected chi connectivity index (χ4v) is 2.10. The molecule has 3 rings (SSSR count). The van der Waals surface area contributed by atoms with Crippen LogP contribution in [0.25, 0.3) is 10.9 Å². The SMILES string of the molecule is Cc1nnc(Cn2cc(C(=O)O)c3ccccc32)o1. The van der Waals surface area contributed by atoms with Crippen molar-refractivity contribution in [2.45, 2.75) is 13.5 Å². The number of benzene rings is 1. The lowest BCUT2D eigenvalue weighted by molar-refractivity contribution is 0.0698. The van der Waals surface area contributed by atoms with Crippen molar-refractivity contribution in [3.8, 4) is 0 Å². The standard InChI is InChI=1S/C13H11N3O3/c1-8-14-15-12(19-8)7-16-6-10(13(17)18)9-4-2-3-5-11(9)16/h2-6H,7H2,1H3,(H,17,18). The Hall–Kier alpha value is -2.63. The van der Waals surface area contributed by atoms with Gasteiger partial charge >= 0.3 is 5.97 Å². The third-order valence-corrected chi connectivity index (χ3v) is 2.89. The van der Waals surface area contributed by atoms with E-state index in [2.05, 4.69) is 10.2 Å². The first-order chi connectivity index (χ1) is 9.15. The molecule has 96 valence electrons. The Morgan fingerprint density at radius 2 is 2.16 bits per heavy atom. The molecule has 2 heterocycles. The van der Waals surface area contributed by atoms with E-state index in [-0.39, 0.29) is 5.56 Å². The van der Waals surface area contributed by atoms with Crippen molar-refractivity contribution in [1.29, 1.82) is 0 Å². The van der Waals surface area contributed by atoms with Crippen molar-refractivity contribution in [3.05, 3.63) is 47.8 Å². The van der Waals surface area contributed by atoms with Crippen LogP contribution in [0.15, 0.2) is 34.9 Å². The quantitative estimate of drug-likeness (QED) is 0.776. The van der Waals surface area contributed by atoms with Crippen LogP contribution in [-0.4, -0.2) is 25.8 Å². The second-order valence-corrected chi connectivity index (χ2v) is 4.21. The summed E-state index contributed by atoms with van der Waals surface area (Å²) < 4.78 is 7.11. The van der Waals surface area contributed by atoms with Crippen LogP contribution in [-0.2, 0) is 6.54 Å². The third kappa shape index (κ3) is 1.97. The van der Waals surface area contributed by atoms with Gasteiger partial charge in [0, 0.05) is 24.0 Å². The third-order valence-electron chi connectivity index (χ3n) is 2.89. The van der Waals surface area contributed by atoms with Gasteiger partial charge in [-0.1, -0.05) is 18.2 Å². The molecule has 0 fully saturated rings. The molecule has 1 N–H and O–H groups in total. The van der Waals surface area contributed by atoms with Gasteiger partial charge in [-0.2, -0.15) is 0 Å². The maximum Gasteiger partial charge on any atom is 0.337 e. The molecule has 6 heteroatoms. The minimum absolute atomic E-state index is 0.270. The Balaban J connectivity index is 2.11. The number of aryl methyl sites for hydroxylation is 1. The molecule has 2 aromatic heterocycles. The van der Waals surface area contributed by atoms with E-state index in [0.29, 0.717) is 23.7 Å². The number of rotatable bonds is 3. The molecule has 0 bridgehead atoms. The Labute approximate surface area is 108 Å². The molecule has 0 amide bonds. The van der Waals surface area contributed by atoms with Crippen LogP contribution in [0, 0.1) is 6.92 Å². The molecular formula is C13H11N3O3. The maximum atomic E-state index is 11.2. The first kappa shape index (κ1) is 11.5. The second-order valence-electron chi connectivity index (χ2n) is 4.21. The molecule has 0 saturated carbocycles. The number of aromatic carboxylic acids is 1. The Morgan fingerprint density at radius 3 is 2.84 bits per heavy atom. The monoisotopic (exact) mass is 257 g/mol. The summed E-state index contributed by atoms with van der Waals surface area (Å²) in [7, 11) is 0. The minimum Gasteiger partial charge on any atom is -0.478 e. The molecular weight excluding hydrogens is 246 g/mol. The molecule has 0 radical (unpaired) electrons. The van der Waals surface area contributed by atoms with Gasteiger partial charge in [0.2, 0.25) is 11.8 Å². The van der Waals surface area contributed by atoms with Crippen molar-refractivity contribution in [2.24, 2.45) is 0 Å². The van der Waals surface area contributed by atoms with Crippen LogP contribution in [0.3, 0.4) is 0 Å². The zero-order chi connectivity index (χ0) is 13.4. The van der Waals surface area contributed by atoms with E-state index in [1.54, 1.807) is 23.8 Å². The van der Waals surface area contributed by atoms with Gasteiger partial charge in [0.15, 0.2) is 0 Å². The highest BCUT2D eigenvalue weighted by molar-refractivity contribution is 6.03. The molecule has 0 saturated heterocycles. The van der Waals surface area contributed by atoms with Crippen molar-refractivity contribution in [3.63, 3.8) is 0 Å². The molecule has 19 heavy (non-hydrogen) atoms. The summed E-state index contributed by atoms with van der Waals surface area (Å²) in [5.74, 6) is -0.00299. The molecule has 0 unspecified atom stereocenters. The van der Waals surface area contributed by atoms with Gasteiger partial charge in [-0.3, -0.25) is 0 Å². The van der Waals surface area contributed by atoms with Crippen molar-refractivity contribution in [2.75, 3.05) is 0 Å². The van der Waals surface area contributed by atoms with Crippen LogP contribution in [0.1, 0.15) is 22.1 Å². The lowest BCUT2D eigenvalue weighted by atomic mass is 10.2. The Bertz CT molecular complexity index is 757. The van der Waals surface area contributed by atoms with Crippen LogP contribution in [0.5, 0.6) is 0 Å². The molecule has 0 aliphatic carbocycles. The summed E-state index contributed by atoms with van der Waals surface area (Å²) in [4.78, 5) is 11.2. The van der Waals surface area contributed by atoms with E-state index in [4.69, 9.17) is 4.42 Å². The molecule has 6 nitrogen and oxygen atoms in total. The number of aromatic nitrogens is 3. The Morgan fingerprint density at radius 1 is 1.37 bits per heavy atom.